The summed E-state index contributed by atoms with van der Waals surface area (Å²) in [5.74, 6) is -1.69. The molecule has 5 heteroatoms. The molecule has 0 fully saturated rings. The van der Waals surface area contributed by atoms with Crippen LogP contribution in [0.15, 0.2) is 11.6 Å². The van der Waals surface area contributed by atoms with E-state index in [1.54, 1.807) is 19.9 Å². The van der Waals surface area contributed by atoms with Crippen LogP contribution >= 0.6 is 0 Å². The Bertz CT molecular complexity index is 315. The summed E-state index contributed by atoms with van der Waals surface area (Å²) in [5, 5.41) is 10.6. The maximum atomic E-state index is 11.5. The van der Waals surface area contributed by atoms with Crippen molar-refractivity contribution in [2.24, 2.45) is 0 Å². The van der Waals surface area contributed by atoms with E-state index in [4.69, 9.17) is 4.74 Å². The van der Waals surface area contributed by atoms with Crippen molar-refractivity contribution in [2.75, 3.05) is 27.7 Å². The van der Waals surface area contributed by atoms with Gasteiger partial charge >= 0.3 is 5.97 Å². The van der Waals surface area contributed by atoms with Crippen LogP contribution in [-0.4, -0.2) is 50.2 Å². The lowest BCUT2D eigenvalue weighted by Gasteiger charge is -2.29. The molecule has 0 aromatic carbocycles. The van der Waals surface area contributed by atoms with Crippen LogP contribution in [0.5, 0.6) is 0 Å². The molecule has 5 nitrogen and oxygen atoms in total. The summed E-state index contributed by atoms with van der Waals surface area (Å²) >= 11 is 0. The highest BCUT2D eigenvalue weighted by atomic mass is 16.5. The zero-order valence-corrected chi connectivity index (χ0v) is 11.1. The molecule has 1 unspecified atom stereocenters. The largest absolute Gasteiger partial charge is 0.550 e. The summed E-state index contributed by atoms with van der Waals surface area (Å²) in [7, 11) is 5.70. The molecule has 0 saturated carbocycles. The van der Waals surface area contributed by atoms with Crippen LogP contribution in [0.3, 0.4) is 0 Å². The predicted molar refractivity (Wildman–Crippen MR) is 61.8 cm³/mol. The maximum Gasteiger partial charge on any atom is 0.333 e. The average Bonchev–Trinajstić information content (AvgIpc) is 2.12. The number of carbonyl (C=O) groups is 2. The molecule has 0 heterocycles. The van der Waals surface area contributed by atoms with Crippen LogP contribution < -0.4 is 5.11 Å². The van der Waals surface area contributed by atoms with E-state index in [-0.39, 0.29) is 6.42 Å². The van der Waals surface area contributed by atoms with E-state index in [1.807, 2.05) is 21.1 Å². The van der Waals surface area contributed by atoms with Crippen LogP contribution in [0.1, 0.15) is 20.3 Å². The average molecular weight is 243 g/mol. The third kappa shape index (κ3) is 7.52. The molecule has 0 aromatic heterocycles. The quantitative estimate of drug-likeness (QED) is 0.365. The fourth-order valence-electron chi connectivity index (χ4n) is 1.30. The number of quaternary nitrogens is 1. The Morgan fingerprint density at radius 3 is 2.24 bits per heavy atom. The van der Waals surface area contributed by atoms with E-state index in [1.165, 1.54) is 0 Å². The molecule has 0 bridgehead atoms. The first-order valence-corrected chi connectivity index (χ1v) is 5.50. The van der Waals surface area contributed by atoms with Gasteiger partial charge in [-0.05, 0) is 13.8 Å². The van der Waals surface area contributed by atoms with Gasteiger partial charge in [0.05, 0.1) is 21.1 Å². The Hall–Kier alpha value is -1.36. The van der Waals surface area contributed by atoms with E-state index in [0.717, 1.165) is 0 Å². The fourth-order valence-corrected chi connectivity index (χ4v) is 1.30. The molecule has 0 aliphatic rings. The van der Waals surface area contributed by atoms with Crippen molar-refractivity contribution < 1.29 is 23.9 Å². The molecule has 0 aromatic rings. The van der Waals surface area contributed by atoms with Gasteiger partial charge in [-0.25, -0.2) is 4.79 Å². The molecule has 98 valence electrons. The standard InChI is InChI=1S/C12H21NO4/c1-6-9(2)12(16)17-10(7-11(14)15)8-13(3,4)5/h6,10H,7-8H2,1-5H3. The van der Waals surface area contributed by atoms with Gasteiger partial charge in [0.1, 0.15) is 6.54 Å². The molecule has 0 saturated heterocycles. The molecule has 0 N–H and O–H groups in total. The van der Waals surface area contributed by atoms with Gasteiger partial charge in [0.25, 0.3) is 0 Å². The number of nitrogens with zero attached hydrogens (tertiary/aromatic N) is 1. The molecular weight excluding hydrogens is 222 g/mol. The Morgan fingerprint density at radius 1 is 1.35 bits per heavy atom. The number of rotatable bonds is 6. The minimum absolute atomic E-state index is 0.280. The summed E-state index contributed by atoms with van der Waals surface area (Å²) in [4.78, 5) is 22.1. The Balaban J connectivity index is 4.60. The molecule has 0 aliphatic heterocycles. The number of ether oxygens (including phenoxy) is 1. The highest BCUT2D eigenvalue weighted by molar-refractivity contribution is 5.87. The first-order chi connectivity index (χ1) is 7.65. The third-order valence-electron chi connectivity index (χ3n) is 2.17. The zero-order chi connectivity index (χ0) is 13.6. The third-order valence-corrected chi connectivity index (χ3v) is 2.17. The lowest BCUT2D eigenvalue weighted by molar-refractivity contribution is -0.873. The fraction of sp³-hybridized carbons (Fsp3) is 0.667. The van der Waals surface area contributed by atoms with Crippen molar-refractivity contribution in [3.63, 3.8) is 0 Å². The van der Waals surface area contributed by atoms with E-state index in [2.05, 4.69) is 0 Å². The second-order valence-electron chi connectivity index (χ2n) is 5.05. The number of hydrogen-bond donors (Lipinski definition) is 0. The van der Waals surface area contributed by atoms with Crippen molar-refractivity contribution in [1.29, 1.82) is 0 Å². The first-order valence-electron chi connectivity index (χ1n) is 5.50. The molecule has 0 amide bonds. The summed E-state index contributed by atoms with van der Waals surface area (Å²) in [6.45, 7) is 3.78. The van der Waals surface area contributed by atoms with E-state index in [0.29, 0.717) is 16.6 Å². The van der Waals surface area contributed by atoms with Crippen molar-refractivity contribution in [2.45, 2.75) is 26.4 Å². The number of carbonyl (C=O) groups excluding carboxylic acids is 2. The minimum atomic E-state index is -1.21. The Kier molecular flexibility index (Phi) is 5.88. The van der Waals surface area contributed by atoms with Crippen LogP contribution in [0.2, 0.25) is 0 Å². The van der Waals surface area contributed by atoms with Crippen LogP contribution in [-0.2, 0) is 14.3 Å². The van der Waals surface area contributed by atoms with Crippen molar-refractivity contribution in [3.8, 4) is 0 Å². The lowest BCUT2D eigenvalue weighted by Crippen LogP contribution is -2.45. The highest BCUT2D eigenvalue weighted by Gasteiger charge is 2.22. The van der Waals surface area contributed by atoms with Gasteiger partial charge < -0.3 is 19.1 Å². The van der Waals surface area contributed by atoms with Crippen molar-refractivity contribution in [3.05, 3.63) is 11.6 Å². The Morgan fingerprint density at radius 2 is 1.88 bits per heavy atom. The van der Waals surface area contributed by atoms with Gasteiger partial charge in [-0.1, -0.05) is 6.08 Å². The number of likely N-dealkylation sites (N-methyl/N-ethyl adjacent to an activating group) is 1. The summed E-state index contributed by atoms with van der Waals surface area (Å²) < 4.78 is 5.66. The number of carboxylic acids is 1. The van der Waals surface area contributed by atoms with Crippen LogP contribution in [0.25, 0.3) is 0 Å². The zero-order valence-electron chi connectivity index (χ0n) is 11.1. The summed E-state index contributed by atoms with van der Waals surface area (Å²) in [6.07, 6.45) is 0.685. The lowest BCUT2D eigenvalue weighted by atomic mass is 10.2. The van der Waals surface area contributed by atoms with Gasteiger partial charge in [0, 0.05) is 18.0 Å². The molecule has 0 radical (unpaired) electrons. The van der Waals surface area contributed by atoms with Gasteiger partial charge in [-0.15, -0.1) is 0 Å². The molecular formula is C12H21NO4. The maximum absolute atomic E-state index is 11.5. The number of carboxylic acid groups (broad SMARTS) is 1. The predicted octanol–water partition coefficient (Wildman–Crippen LogP) is -0.289. The van der Waals surface area contributed by atoms with Crippen molar-refractivity contribution in [1.82, 2.24) is 0 Å². The first kappa shape index (κ1) is 15.6. The summed E-state index contributed by atoms with van der Waals surface area (Å²) in [6, 6.07) is 0. The van der Waals surface area contributed by atoms with Crippen molar-refractivity contribution >= 4 is 11.9 Å². The molecule has 0 spiro atoms. The minimum Gasteiger partial charge on any atom is -0.550 e. The SMILES string of the molecule is CC=C(C)C(=O)OC(CC(=O)[O-])C[N+](C)(C)C. The molecule has 0 rings (SSSR count). The second-order valence-corrected chi connectivity index (χ2v) is 5.05. The van der Waals surface area contributed by atoms with Crippen LogP contribution in [0.4, 0.5) is 0 Å². The van der Waals surface area contributed by atoms with E-state index < -0.39 is 18.0 Å². The number of hydrogen-bond acceptors (Lipinski definition) is 4. The monoisotopic (exact) mass is 243 g/mol. The van der Waals surface area contributed by atoms with E-state index >= 15 is 0 Å². The smallest absolute Gasteiger partial charge is 0.333 e. The normalized spacial score (nSPS) is 14.3. The van der Waals surface area contributed by atoms with Gasteiger partial charge in [-0.2, -0.15) is 0 Å². The summed E-state index contributed by atoms with van der Waals surface area (Å²) in [5.41, 5.74) is 0.467. The molecule has 0 aliphatic carbocycles. The highest BCUT2D eigenvalue weighted by Crippen LogP contribution is 2.07. The Labute approximate surface area is 102 Å². The van der Waals surface area contributed by atoms with Gasteiger partial charge in [-0.3, -0.25) is 0 Å². The number of allylic oxidation sites excluding steroid dienone is 1. The van der Waals surface area contributed by atoms with Crippen LogP contribution in [0, 0.1) is 0 Å². The number of esters is 1. The van der Waals surface area contributed by atoms with Gasteiger partial charge in [0.15, 0.2) is 6.10 Å². The topological polar surface area (TPSA) is 66.4 Å². The van der Waals surface area contributed by atoms with Gasteiger partial charge in [0.2, 0.25) is 0 Å². The molecule has 1 atom stereocenters. The number of aliphatic carboxylic acids is 1. The molecule has 17 heavy (non-hydrogen) atoms. The van der Waals surface area contributed by atoms with E-state index in [9.17, 15) is 14.7 Å². The second kappa shape index (κ2) is 6.39.